The third-order valence-corrected chi connectivity index (χ3v) is 3.99. The Balaban J connectivity index is 2.77. The van der Waals surface area contributed by atoms with Crippen molar-refractivity contribution in [2.45, 2.75) is 70.8 Å². The molecular formula is C15H28N2O3. The Hall–Kier alpha value is -1.26. The summed E-state index contributed by atoms with van der Waals surface area (Å²) in [5.74, 6) is -0.888. The van der Waals surface area contributed by atoms with E-state index in [0.717, 1.165) is 38.5 Å². The third kappa shape index (κ3) is 4.39. The molecule has 0 saturated heterocycles. The molecule has 0 aromatic carbocycles. The van der Waals surface area contributed by atoms with Crippen LogP contribution >= 0.6 is 0 Å². The van der Waals surface area contributed by atoms with Gasteiger partial charge in [-0.15, -0.1) is 0 Å². The van der Waals surface area contributed by atoms with Crippen LogP contribution in [0, 0.1) is 0 Å². The minimum absolute atomic E-state index is 0.224. The molecule has 116 valence electrons. The van der Waals surface area contributed by atoms with Gasteiger partial charge >= 0.3 is 12.0 Å². The average molecular weight is 284 g/mol. The molecule has 5 heteroatoms. The van der Waals surface area contributed by atoms with Crippen LogP contribution < -0.4 is 5.32 Å². The van der Waals surface area contributed by atoms with Crippen LogP contribution in [0.15, 0.2) is 0 Å². The minimum atomic E-state index is -1.06. The van der Waals surface area contributed by atoms with Crippen LogP contribution in [0.25, 0.3) is 0 Å². The molecule has 2 amide bonds. The molecule has 20 heavy (non-hydrogen) atoms. The second-order valence-electron chi connectivity index (χ2n) is 5.72. The zero-order chi connectivity index (χ0) is 15.0. The van der Waals surface area contributed by atoms with E-state index >= 15 is 0 Å². The normalized spacial score (nSPS) is 18.1. The van der Waals surface area contributed by atoms with E-state index in [-0.39, 0.29) is 6.03 Å². The number of hydrogen-bond acceptors (Lipinski definition) is 2. The van der Waals surface area contributed by atoms with E-state index in [2.05, 4.69) is 5.32 Å². The summed E-state index contributed by atoms with van der Waals surface area (Å²) in [5.41, 5.74) is -1.06. The summed E-state index contributed by atoms with van der Waals surface area (Å²) >= 11 is 0. The van der Waals surface area contributed by atoms with Gasteiger partial charge in [0.05, 0.1) is 0 Å². The van der Waals surface area contributed by atoms with Crippen LogP contribution in [-0.4, -0.2) is 40.6 Å². The van der Waals surface area contributed by atoms with Crippen molar-refractivity contribution in [1.29, 1.82) is 0 Å². The van der Waals surface area contributed by atoms with Crippen molar-refractivity contribution in [3.05, 3.63) is 0 Å². The molecule has 0 radical (unpaired) electrons. The second kappa shape index (κ2) is 8.12. The zero-order valence-corrected chi connectivity index (χ0v) is 12.8. The summed E-state index contributed by atoms with van der Waals surface area (Å²) in [4.78, 5) is 25.8. The molecule has 1 aliphatic carbocycles. The largest absolute Gasteiger partial charge is 0.480 e. The lowest BCUT2D eigenvalue weighted by molar-refractivity contribution is -0.145. The second-order valence-corrected chi connectivity index (χ2v) is 5.72. The molecule has 0 atom stereocenters. The van der Waals surface area contributed by atoms with Crippen molar-refractivity contribution in [3.63, 3.8) is 0 Å². The molecule has 1 rings (SSSR count). The summed E-state index contributed by atoms with van der Waals surface area (Å²) < 4.78 is 0. The maximum atomic E-state index is 12.4. The predicted molar refractivity (Wildman–Crippen MR) is 78.8 cm³/mol. The van der Waals surface area contributed by atoms with Crippen LogP contribution in [0.1, 0.15) is 65.2 Å². The molecule has 5 nitrogen and oxygen atoms in total. The van der Waals surface area contributed by atoms with Gasteiger partial charge in [-0.05, 0) is 25.7 Å². The van der Waals surface area contributed by atoms with E-state index in [9.17, 15) is 14.7 Å². The van der Waals surface area contributed by atoms with Crippen LogP contribution in [0.5, 0.6) is 0 Å². The van der Waals surface area contributed by atoms with Crippen molar-refractivity contribution < 1.29 is 14.7 Å². The maximum absolute atomic E-state index is 12.4. The Kier molecular flexibility index (Phi) is 6.82. The number of carbonyl (C=O) groups is 2. The highest BCUT2D eigenvalue weighted by Crippen LogP contribution is 2.27. The SMILES string of the molecule is CCCN(CCC)C(=O)NC1(C(=O)O)CCCCCC1. The van der Waals surface area contributed by atoms with Gasteiger partial charge in [0.2, 0.25) is 0 Å². The number of carbonyl (C=O) groups excluding carboxylic acids is 1. The minimum Gasteiger partial charge on any atom is -0.480 e. The third-order valence-electron chi connectivity index (χ3n) is 3.99. The van der Waals surface area contributed by atoms with Crippen molar-refractivity contribution >= 4 is 12.0 Å². The number of aliphatic carboxylic acids is 1. The van der Waals surface area contributed by atoms with Gasteiger partial charge in [-0.3, -0.25) is 0 Å². The van der Waals surface area contributed by atoms with Crippen molar-refractivity contribution in [2.24, 2.45) is 0 Å². The number of rotatable bonds is 6. The Morgan fingerprint density at radius 2 is 1.55 bits per heavy atom. The molecule has 0 unspecified atom stereocenters. The molecule has 2 N–H and O–H groups in total. The lowest BCUT2D eigenvalue weighted by Gasteiger charge is -2.32. The van der Waals surface area contributed by atoms with Crippen molar-refractivity contribution in [2.75, 3.05) is 13.1 Å². The van der Waals surface area contributed by atoms with Crippen LogP contribution in [0.3, 0.4) is 0 Å². The van der Waals surface area contributed by atoms with Gasteiger partial charge in [-0.2, -0.15) is 0 Å². The maximum Gasteiger partial charge on any atom is 0.329 e. The number of urea groups is 1. The van der Waals surface area contributed by atoms with Crippen LogP contribution in [0.2, 0.25) is 0 Å². The molecule has 0 aromatic rings. The number of hydrogen-bond donors (Lipinski definition) is 2. The lowest BCUT2D eigenvalue weighted by Crippen LogP contribution is -2.57. The first-order chi connectivity index (χ1) is 9.55. The van der Waals surface area contributed by atoms with Crippen LogP contribution in [-0.2, 0) is 4.79 Å². The van der Waals surface area contributed by atoms with Gasteiger partial charge in [-0.25, -0.2) is 9.59 Å². The lowest BCUT2D eigenvalue weighted by atomic mass is 9.90. The summed E-state index contributed by atoms with van der Waals surface area (Å²) in [6.07, 6.45) is 6.70. The highest BCUT2D eigenvalue weighted by atomic mass is 16.4. The monoisotopic (exact) mass is 284 g/mol. The highest BCUT2D eigenvalue weighted by molar-refractivity contribution is 5.86. The quantitative estimate of drug-likeness (QED) is 0.737. The summed E-state index contributed by atoms with van der Waals surface area (Å²) in [6, 6.07) is -0.224. The van der Waals surface area contributed by atoms with Gasteiger partial charge in [-0.1, -0.05) is 39.5 Å². The Morgan fingerprint density at radius 1 is 1.05 bits per heavy atom. The van der Waals surface area contributed by atoms with Gasteiger partial charge in [0.25, 0.3) is 0 Å². The average Bonchev–Trinajstić information content (AvgIpc) is 2.65. The topological polar surface area (TPSA) is 69.6 Å². The van der Waals surface area contributed by atoms with E-state index in [0.29, 0.717) is 25.9 Å². The first-order valence-corrected chi connectivity index (χ1v) is 7.86. The standard InChI is InChI=1S/C15H28N2O3/c1-3-11-17(12-4-2)14(20)16-15(13(18)19)9-7-5-6-8-10-15/h3-12H2,1-2H3,(H,16,20)(H,18,19). The fraction of sp³-hybridized carbons (Fsp3) is 0.867. The predicted octanol–water partition coefficient (Wildman–Crippen LogP) is 3.00. The van der Waals surface area contributed by atoms with Gasteiger partial charge in [0, 0.05) is 13.1 Å². The van der Waals surface area contributed by atoms with Crippen LogP contribution in [0.4, 0.5) is 4.79 Å². The number of carboxylic acid groups (broad SMARTS) is 1. The molecule has 0 aromatic heterocycles. The smallest absolute Gasteiger partial charge is 0.329 e. The molecular weight excluding hydrogens is 256 g/mol. The fourth-order valence-electron chi connectivity index (χ4n) is 2.86. The Labute approximate surface area is 121 Å². The van der Waals surface area contributed by atoms with Crippen molar-refractivity contribution in [3.8, 4) is 0 Å². The van der Waals surface area contributed by atoms with E-state index in [1.54, 1.807) is 4.90 Å². The Morgan fingerprint density at radius 3 is 1.95 bits per heavy atom. The first kappa shape index (κ1) is 16.8. The first-order valence-electron chi connectivity index (χ1n) is 7.86. The summed E-state index contributed by atoms with van der Waals surface area (Å²) in [5, 5.41) is 12.4. The zero-order valence-electron chi connectivity index (χ0n) is 12.8. The van der Waals surface area contributed by atoms with E-state index in [1.807, 2.05) is 13.8 Å². The molecule has 1 saturated carbocycles. The molecule has 0 bridgehead atoms. The van der Waals surface area contributed by atoms with Gasteiger partial charge in [0.15, 0.2) is 0 Å². The van der Waals surface area contributed by atoms with Gasteiger partial charge in [0.1, 0.15) is 5.54 Å². The molecule has 0 spiro atoms. The molecule has 1 aliphatic rings. The number of carboxylic acids is 1. The van der Waals surface area contributed by atoms with E-state index in [1.165, 1.54) is 0 Å². The number of nitrogens with zero attached hydrogens (tertiary/aromatic N) is 1. The summed E-state index contributed by atoms with van der Waals surface area (Å²) in [6.45, 7) is 5.40. The fourth-order valence-corrected chi connectivity index (χ4v) is 2.86. The molecule has 1 fully saturated rings. The van der Waals surface area contributed by atoms with Gasteiger partial charge < -0.3 is 15.3 Å². The summed E-state index contributed by atoms with van der Waals surface area (Å²) in [7, 11) is 0. The van der Waals surface area contributed by atoms with E-state index in [4.69, 9.17) is 0 Å². The van der Waals surface area contributed by atoms with Crippen molar-refractivity contribution in [1.82, 2.24) is 10.2 Å². The number of amides is 2. The van der Waals surface area contributed by atoms with E-state index < -0.39 is 11.5 Å². The number of nitrogens with one attached hydrogen (secondary N) is 1. The highest BCUT2D eigenvalue weighted by Gasteiger charge is 2.40. The molecule has 0 heterocycles. The Bertz CT molecular complexity index is 317. The molecule has 0 aliphatic heterocycles.